The van der Waals surface area contributed by atoms with E-state index >= 15 is 0 Å². The minimum atomic E-state index is -0.123. The molecule has 2 rings (SSSR count). The Kier molecular flexibility index (Phi) is 4.05. The number of rotatable bonds is 4. The normalized spacial score (nSPS) is 12.7. The summed E-state index contributed by atoms with van der Waals surface area (Å²) < 4.78 is 19.1. The van der Waals surface area contributed by atoms with E-state index in [9.17, 15) is 4.39 Å². The zero-order valence-electron chi connectivity index (χ0n) is 11.9. The topological polar surface area (TPSA) is 25.2 Å². The van der Waals surface area contributed by atoms with Gasteiger partial charge in [0, 0.05) is 5.56 Å². The predicted octanol–water partition coefficient (Wildman–Crippen LogP) is 4.04. The van der Waals surface area contributed by atoms with E-state index in [1.165, 1.54) is 0 Å². The fourth-order valence-corrected chi connectivity index (χ4v) is 2.39. The molecule has 0 spiro atoms. The number of nitrogens with one attached hydrogen (secondary N) is 1. The molecule has 19 heavy (non-hydrogen) atoms. The van der Waals surface area contributed by atoms with E-state index in [2.05, 4.69) is 12.2 Å². The Hall–Kier alpha value is -1.61. The highest BCUT2D eigenvalue weighted by atomic mass is 19.1. The number of hydrogen-bond donors (Lipinski definition) is 1. The first-order valence-corrected chi connectivity index (χ1v) is 6.58. The largest absolute Gasteiger partial charge is 0.469 e. The average Bonchev–Trinajstić information content (AvgIpc) is 2.79. The van der Waals surface area contributed by atoms with Gasteiger partial charge in [0.1, 0.15) is 11.6 Å². The Morgan fingerprint density at radius 1 is 1.11 bits per heavy atom. The molecule has 0 aliphatic carbocycles. The highest BCUT2D eigenvalue weighted by Crippen LogP contribution is 2.27. The van der Waals surface area contributed by atoms with Gasteiger partial charge in [0.15, 0.2) is 0 Å². The third-order valence-corrected chi connectivity index (χ3v) is 3.28. The summed E-state index contributed by atoms with van der Waals surface area (Å²) in [5.74, 6) is 0.760. The Bertz CT molecular complexity index is 551. The SMILES string of the molecule is CCNC(c1coc(C)c1)c1cc(C)c(F)c(C)c1. The lowest BCUT2D eigenvalue weighted by Gasteiger charge is -2.18. The van der Waals surface area contributed by atoms with Crippen LogP contribution in [0, 0.1) is 26.6 Å². The standard InChI is InChI=1S/C16H20FNO/c1-5-18-16(14-8-12(4)19-9-14)13-6-10(2)15(17)11(3)7-13/h6-9,16,18H,5H2,1-4H3. The van der Waals surface area contributed by atoms with E-state index in [4.69, 9.17) is 4.42 Å². The first-order valence-electron chi connectivity index (χ1n) is 6.58. The molecule has 0 aliphatic heterocycles. The summed E-state index contributed by atoms with van der Waals surface area (Å²) in [6, 6.07) is 5.86. The molecule has 0 saturated carbocycles. The summed E-state index contributed by atoms with van der Waals surface area (Å²) in [4.78, 5) is 0. The molecule has 0 radical (unpaired) electrons. The van der Waals surface area contributed by atoms with Crippen LogP contribution in [-0.4, -0.2) is 6.54 Å². The number of hydrogen-bond acceptors (Lipinski definition) is 2. The monoisotopic (exact) mass is 261 g/mol. The van der Waals surface area contributed by atoms with Gasteiger partial charge in [-0.3, -0.25) is 0 Å². The maximum Gasteiger partial charge on any atom is 0.129 e. The smallest absolute Gasteiger partial charge is 0.129 e. The molecule has 0 saturated heterocycles. The third-order valence-electron chi connectivity index (χ3n) is 3.28. The summed E-state index contributed by atoms with van der Waals surface area (Å²) in [7, 11) is 0. The number of benzene rings is 1. The molecule has 1 aromatic heterocycles. The van der Waals surface area contributed by atoms with Crippen LogP contribution >= 0.6 is 0 Å². The average molecular weight is 261 g/mol. The third kappa shape index (κ3) is 2.87. The van der Waals surface area contributed by atoms with Gasteiger partial charge in [-0.05, 0) is 50.1 Å². The second-order valence-electron chi connectivity index (χ2n) is 4.95. The Labute approximate surface area is 113 Å². The lowest BCUT2D eigenvalue weighted by Crippen LogP contribution is -2.22. The van der Waals surface area contributed by atoms with Gasteiger partial charge in [-0.25, -0.2) is 4.39 Å². The molecule has 0 amide bonds. The van der Waals surface area contributed by atoms with Crippen molar-refractivity contribution in [3.8, 4) is 0 Å². The maximum atomic E-state index is 13.7. The van der Waals surface area contributed by atoms with E-state index in [-0.39, 0.29) is 11.9 Å². The fourth-order valence-electron chi connectivity index (χ4n) is 2.39. The van der Waals surface area contributed by atoms with E-state index in [1.807, 2.05) is 25.1 Å². The van der Waals surface area contributed by atoms with Crippen LogP contribution in [0.15, 0.2) is 28.9 Å². The van der Waals surface area contributed by atoms with Crippen molar-refractivity contribution in [1.29, 1.82) is 0 Å². The second-order valence-corrected chi connectivity index (χ2v) is 4.95. The molecule has 1 atom stereocenters. The van der Waals surface area contributed by atoms with E-state index in [0.29, 0.717) is 11.1 Å². The summed E-state index contributed by atoms with van der Waals surface area (Å²) >= 11 is 0. The van der Waals surface area contributed by atoms with Gasteiger partial charge in [0.2, 0.25) is 0 Å². The Morgan fingerprint density at radius 3 is 2.21 bits per heavy atom. The van der Waals surface area contributed by atoms with Crippen molar-refractivity contribution in [1.82, 2.24) is 5.32 Å². The molecule has 2 aromatic rings. The van der Waals surface area contributed by atoms with E-state index < -0.39 is 0 Å². The lowest BCUT2D eigenvalue weighted by molar-refractivity contribution is 0.525. The van der Waals surface area contributed by atoms with Crippen molar-refractivity contribution in [3.05, 3.63) is 58.3 Å². The summed E-state index contributed by atoms with van der Waals surface area (Å²) in [6.07, 6.45) is 1.76. The molecular weight excluding hydrogens is 241 g/mol. The molecule has 2 nitrogen and oxygen atoms in total. The van der Waals surface area contributed by atoms with Crippen molar-refractivity contribution < 1.29 is 8.81 Å². The fraction of sp³-hybridized carbons (Fsp3) is 0.375. The highest BCUT2D eigenvalue weighted by Gasteiger charge is 2.17. The first kappa shape index (κ1) is 13.8. The Balaban J connectivity index is 2.44. The quantitative estimate of drug-likeness (QED) is 0.898. The summed E-state index contributed by atoms with van der Waals surface area (Å²) in [5.41, 5.74) is 3.50. The van der Waals surface area contributed by atoms with Crippen molar-refractivity contribution in [2.75, 3.05) is 6.54 Å². The summed E-state index contributed by atoms with van der Waals surface area (Å²) in [5, 5.41) is 3.42. The van der Waals surface area contributed by atoms with E-state index in [0.717, 1.165) is 23.4 Å². The van der Waals surface area contributed by atoms with Gasteiger partial charge in [-0.1, -0.05) is 19.1 Å². The van der Waals surface area contributed by atoms with Crippen molar-refractivity contribution in [2.45, 2.75) is 33.7 Å². The molecule has 1 N–H and O–H groups in total. The molecule has 0 bridgehead atoms. The maximum absolute atomic E-state index is 13.7. The van der Waals surface area contributed by atoms with E-state index in [1.54, 1.807) is 20.1 Å². The second kappa shape index (κ2) is 5.57. The first-order chi connectivity index (χ1) is 9.02. The Morgan fingerprint density at radius 2 is 1.74 bits per heavy atom. The molecule has 1 unspecified atom stereocenters. The zero-order valence-corrected chi connectivity index (χ0v) is 11.9. The van der Waals surface area contributed by atoms with Crippen LogP contribution < -0.4 is 5.32 Å². The van der Waals surface area contributed by atoms with Crippen LogP contribution in [0.3, 0.4) is 0 Å². The number of furan rings is 1. The van der Waals surface area contributed by atoms with Gasteiger partial charge in [-0.15, -0.1) is 0 Å². The molecular formula is C16H20FNO. The molecule has 0 fully saturated rings. The zero-order chi connectivity index (χ0) is 14.0. The van der Waals surface area contributed by atoms with Crippen LogP contribution in [0.1, 0.15) is 41.0 Å². The molecule has 3 heteroatoms. The van der Waals surface area contributed by atoms with Crippen LogP contribution in [-0.2, 0) is 0 Å². The van der Waals surface area contributed by atoms with Crippen molar-refractivity contribution in [3.63, 3.8) is 0 Å². The van der Waals surface area contributed by atoms with Gasteiger partial charge in [-0.2, -0.15) is 0 Å². The van der Waals surface area contributed by atoms with Gasteiger partial charge in [0.25, 0.3) is 0 Å². The minimum Gasteiger partial charge on any atom is -0.469 e. The predicted molar refractivity (Wildman–Crippen MR) is 74.8 cm³/mol. The lowest BCUT2D eigenvalue weighted by atomic mass is 9.96. The van der Waals surface area contributed by atoms with Gasteiger partial charge in [0.05, 0.1) is 12.3 Å². The number of aryl methyl sites for hydroxylation is 3. The van der Waals surface area contributed by atoms with Crippen LogP contribution in [0.5, 0.6) is 0 Å². The van der Waals surface area contributed by atoms with Crippen molar-refractivity contribution in [2.24, 2.45) is 0 Å². The van der Waals surface area contributed by atoms with Crippen LogP contribution in [0.25, 0.3) is 0 Å². The van der Waals surface area contributed by atoms with Gasteiger partial charge >= 0.3 is 0 Å². The van der Waals surface area contributed by atoms with Crippen LogP contribution in [0.4, 0.5) is 4.39 Å². The molecule has 1 heterocycles. The van der Waals surface area contributed by atoms with Crippen LogP contribution in [0.2, 0.25) is 0 Å². The summed E-state index contributed by atoms with van der Waals surface area (Å²) in [6.45, 7) is 8.42. The minimum absolute atomic E-state index is 0.0421. The number of halogens is 1. The molecule has 0 aliphatic rings. The highest BCUT2D eigenvalue weighted by molar-refractivity contribution is 5.37. The van der Waals surface area contributed by atoms with Crippen molar-refractivity contribution >= 4 is 0 Å². The van der Waals surface area contributed by atoms with Gasteiger partial charge < -0.3 is 9.73 Å². The molecule has 102 valence electrons. The molecule has 1 aromatic carbocycles.